The zero-order valence-corrected chi connectivity index (χ0v) is 33.3. The predicted octanol–water partition coefficient (Wildman–Crippen LogP) is 7.46. The van der Waals surface area contributed by atoms with E-state index in [1.165, 1.54) is 57.8 Å². The van der Waals surface area contributed by atoms with Crippen molar-refractivity contribution in [3.63, 3.8) is 0 Å². The summed E-state index contributed by atoms with van der Waals surface area (Å²) in [6, 6.07) is 0.530. The zero-order chi connectivity index (χ0) is 36.4. The molecule has 290 valence electrons. The van der Waals surface area contributed by atoms with Crippen LogP contribution in [0.1, 0.15) is 139 Å². The third kappa shape index (κ3) is 7.37. The minimum Gasteiger partial charge on any atom is -0.444 e. The van der Waals surface area contributed by atoms with Gasteiger partial charge in [-0.2, -0.15) is 0 Å². The van der Waals surface area contributed by atoms with E-state index >= 15 is 0 Å². The Morgan fingerprint density at radius 2 is 1.80 bits per heavy atom. The fraction of sp³-hybridized carbons (Fsp3) is 0.952. The van der Waals surface area contributed by atoms with E-state index in [0.717, 1.165) is 25.8 Å². The average Bonchev–Trinajstić information content (AvgIpc) is 3.98. The van der Waals surface area contributed by atoms with Crippen LogP contribution < -0.4 is 10.6 Å². The van der Waals surface area contributed by atoms with E-state index in [1.807, 2.05) is 25.7 Å². The summed E-state index contributed by atoms with van der Waals surface area (Å²) in [5.41, 5.74) is 0.496. The fourth-order valence-corrected chi connectivity index (χ4v) is 12.6. The van der Waals surface area contributed by atoms with Gasteiger partial charge < -0.3 is 34.5 Å². The number of fused-ring (bicyclic) bond motifs is 1. The summed E-state index contributed by atoms with van der Waals surface area (Å²) in [5.74, 6) is 2.60. The molecule has 9 heteroatoms. The van der Waals surface area contributed by atoms with E-state index in [4.69, 9.17) is 18.9 Å². The number of carbonyl (C=O) groups excluding carboxylic acids is 2. The number of rotatable bonds is 8. The molecule has 0 aromatic heterocycles. The van der Waals surface area contributed by atoms with Crippen molar-refractivity contribution in [2.75, 3.05) is 32.8 Å². The first-order valence-corrected chi connectivity index (χ1v) is 21.0. The smallest absolute Gasteiger partial charge is 0.407 e. The van der Waals surface area contributed by atoms with E-state index in [0.29, 0.717) is 73.2 Å². The first kappa shape index (κ1) is 37.9. The topological polar surface area (TPSA) is 98.4 Å². The largest absolute Gasteiger partial charge is 0.444 e. The van der Waals surface area contributed by atoms with E-state index in [2.05, 4.69) is 45.3 Å². The van der Waals surface area contributed by atoms with Crippen LogP contribution in [-0.4, -0.2) is 85.9 Å². The molecule has 51 heavy (non-hydrogen) atoms. The van der Waals surface area contributed by atoms with E-state index in [-0.39, 0.29) is 47.4 Å². The van der Waals surface area contributed by atoms with Crippen LogP contribution in [0.25, 0.3) is 0 Å². The van der Waals surface area contributed by atoms with Gasteiger partial charge >= 0.3 is 6.09 Å². The lowest BCUT2D eigenvalue weighted by molar-refractivity contribution is -0.242. The molecule has 0 aromatic rings. The van der Waals surface area contributed by atoms with Gasteiger partial charge in [0.25, 0.3) is 0 Å². The number of nitrogens with zero attached hydrogens (tertiary/aromatic N) is 1. The van der Waals surface area contributed by atoms with Gasteiger partial charge in [0.05, 0.1) is 31.5 Å². The Labute approximate surface area is 308 Å². The summed E-state index contributed by atoms with van der Waals surface area (Å²) in [5, 5.41) is 7.17. The molecule has 3 aliphatic heterocycles. The molecular formula is C42H71N3O6. The molecule has 0 aromatic carbocycles. The van der Waals surface area contributed by atoms with Crippen LogP contribution in [0.15, 0.2) is 0 Å². The molecule has 0 radical (unpaired) electrons. The number of hydrogen-bond donors (Lipinski definition) is 2. The Balaban J connectivity index is 1.01. The minimum absolute atomic E-state index is 0.0506. The molecule has 7 rings (SSSR count). The molecule has 0 bridgehead atoms. The Hall–Kier alpha value is -1.42. The monoisotopic (exact) mass is 714 g/mol. The van der Waals surface area contributed by atoms with Crippen molar-refractivity contribution in [2.45, 2.75) is 175 Å². The molecule has 2 N–H and O–H groups in total. The standard InChI is InChI=1S/C42H71N3O6/c1-9-40(8)17-18-42-26-41(42)16-14-33(50-35-25-45(20-21-48-35)34(46)23-28-10-11-28)39(6,7)31(41)12-13-32(42)44-24-30-36(40)27(2)22-29(49-30)15-19-43-37(47)51-38(3,4)5/h27-33,35-36,44H,9-26H2,1-8H3,(H,43,47)/t27-,29?,30?,31?,32-,33+,35?,36?,40-,41-,42+/m1/s1. The number of amides is 2. The Morgan fingerprint density at radius 3 is 2.53 bits per heavy atom. The Kier molecular flexibility index (Phi) is 10.4. The molecule has 4 aliphatic carbocycles. The molecule has 3 heterocycles. The maximum Gasteiger partial charge on any atom is 0.407 e. The summed E-state index contributed by atoms with van der Waals surface area (Å²) in [6.45, 7) is 21.4. The average molecular weight is 714 g/mol. The van der Waals surface area contributed by atoms with Crippen LogP contribution in [0.2, 0.25) is 0 Å². The number of hydrogen-bond acceptors (Lipinski definition) is 7. The lowest BCUT2D eigenvalue weighted by Crippen LogP contribution is -2.57. The van der Waals surface area contributed by atoms with Crippen molar-refractivity contribution in [3.05, 3.63) is 0 Å². The molecular weight excluding hydrogens is 642 g/mol. The number of alkyl carbamates (subject to hydrolysis) is 1. The van der Waals surface area contributed by atoms with Crippen LogP contribution in [-0.2, 0) is 23.7 Å². The summed E-state index contributed by atoms with van der Waals surface area (Å²) in [6.07, 6.45) is 14.6. The van der Waals surface area contributed by atoms with Crippen LogP contribution >= 0.6 is 0 Å². The first-order valence-electron chi connectivity index (χ1n) is 21.0. The maximum atomic E-state index is 12.9. The lowest BCUT2D eigenvalue weighted by atomic mass is 9.52. The Bertz CT molecular complexity index is 1280. The van der Waals surface area contributed by atoms with Crippen molar-refractivity contribution < 1.29 is 28.5 Å². The highest BCUT2D eigenvalue weighted by Gasteiger charge is 2.77. The van der Waals surface area contributed by atoms with Gasteiger partial charge in [-0.25, -0.2) is 4.79 Å². The van der Waals surface area contributed by atoms with Gasteiger partial charge in [0.2, 0.25) is 5.91 Å². The van der Waals surface area contributed by atoms with E-state index in [9.17, 15) is 9.59 Å². The molecule has 7 fully saturated rings. The van der Waals surface area contributed by atoms with Crippen LogP contribution in [0.5, 0.6) is 0 Å². The van der Waals surface area contributed by atoms with Crippen LogP contribution in [0.4, 0.5) is 4.79 Å². The molecule has 7 aliphatic rings. The third-order valence-corrected chi connectivity index (χ3v) is 15.5. The normalized spacial score (nSPS) is 43.6. The molecule has 5 unspecified atom stereocenters. The second kappa shape index (κ2) is 14.0. The van der Waals surface area contributed by atoms with Crippen molar-refractivity contribution in [1.29, 1.82) is 0 Å². The highest BCUT2D eigenvalue weighted by molar-refractivity contribution is 5.76. The van der Waals surface area contributed by atoms with Gasteiger partial charge in [-0.15, -0.1) is 0 Å². The quantitative estimate of drug-likeness (QED) is 0.270. The van der Waals surface area contributed by atoms with E-state index in [1.54, 1.807) is 0 Å². The lowest BCUT2D eigenvalue weighted by Gasteiger charge is -2.56. The SMILES string of the molecule is CC[C@]1(C)CC[C@@]23C[C@@]24CC[C@H](OC2CN(C(=O)CC5CC5)CCO2)C(C)(C)C4CC[C@H]3NCC2OC(CCNC(=O)OC(C)(C)C)C[C@@H](C)C21. The van der Waals surface area contributed by atoms with Gasteiger partial charge in [0.15, 0.2) is 6.29 Å². The second-order valence-corrected chi connectivity index (χ2v) is 20.1. The van der Waals surface area contributed by atoms with Gasteiger partial charge in [-0.05, 0) is 137 Å². The van der Waals surface area contributed by atoms with Gasteiger partial charge in [0.1, 0.15) is 5.60 Å². The number of carbonyl (C=O) groups is 2. The first-order chi connectivity index (χ1) is 24.1. The highest BCUT2D eigenvalue weighted by atomic mass is 16.7. The van der Waals surface area contributed by atoms with Crippen LogP contribution in [0, 0.1) is 45.3 Å². The third-order valence-electron chi connectivity index (χ3n) is 15.5. The minimum atomic E-state index is -0.496. The zero-order valence-electron chi connectivity index (χ0n) is 33.3. The van der Waals surface area contributed by atoms with Crippen molar-refractivity contribution in [1.82, 2.24) is 15.5 Å². The fourth-order valence-electron chi connectivity index (χ4n) is 12.6. The van der Waals surface area contributed by atoms with Gasteiger partial charge in [-0.3, -0.25) is 4.79 Å². The molecule has 11 atom stereocenters. The summed E-state index contributed by atoms with van der Waals surface area (Å²) >= 11 is 0. The van der Waals surface area contributed by atoms with Gasteiger partial charge in [0, 0.05) is 32.1 Å². The van der Waals surface area contributed by atoms with Crippen LogP contribution in [0.3, 0.4) is 0 Å². The molecule has 4 saturated carbocycles. The summed E-state index contributed by atoms with van der Waals surface area (Å²) in [4.78, 5) is 27.2. The predicted molar refractivity (Wildman–Crippen MR) is 198 cm³/mol. The number of ether oxygens (including phenoxy) is 4. The molecule has 2 amide bonds. The van der Waals surface area contributed by atoms with E-state index < -0.39 is 5.60 Å². The maximum absolute atomic E-state index is 12.9. The number of morpholine rings is 1. The van der Waals surface area contributed by atoms with Crippen molar-refractivity contribution >= 4 is 12.0 Å². The van der Waals surface area contributed by atoms with Gasteiger partial charge in [-0.1, -0.05) is 41.0 Å². The summed E-state index contributed by atoms with van der Waals surface area (Å²) < 4.78 is 25.5. The van der Waals surface area contributed by atoms with Crippen molar-refractivity contribution in [3.8, 4) is 0 Å². The second-order valence-electron chi connectivity index (χ2n) is 20.1. The summed E-state index contributed by atoms with van der Waals surface area (Å²) in [7, 11) is 0. The molecule has 9 nitrogen and oxygen atoms in total. The molecule has 2 spiro atoms. The van der Waals surface area contributed by atoms with Crippen molar-refractivity contribution in [2.24, 2.45) is 45.3 Å². The highest BCUT2D eigenvalue weighted by Crippen LogP contribution is 2.82. The molecule has 3 saturated heterocycles. The Morgan fingerprint density at radius 1 is 1.02 bits per heavy atom. The number of nitrogens with one attached hydrogen (secondary N) is 2.